The van der Waals surface area contributed by atoms with E-state index in [-0.39, 0.29) is 11.9 Å². The molecule has 3 aromatic heterocycles. The van der Waals surface area contributed by atoms with Gasteiger partial charge in [-0.15, -0.1) is 10.2 Å². The number of para-hydroxylation sites is 1. The van der Waals surface area contributed by atoms with Gasteiger partial charge in [-0.05, 0) is 12.1 Å². The number of rotatable bonds is 2. The van der Waals surface area contributed by atoms with E-state index in [9.17, 15) is 4.79 Å². The third-order valence-electron chi connectivity index (χ3n) is 4.44. The molecule has 0 bridgehead atoms. The predicted octanol–water partition coefficient (Wildman–Crippen LogP) is 2.80. The number of fused-ring (bicyclic) bond motifs is 2. The highest BCUT2D eigenvalue weighted by molar-refractivity contribution is 7.11. The second kappa shape index (κ2) is 5.52. The standard InChI is InChI=1S/C17H13N5O2S/c23-17(16-21-20-9-25-16)22-6-5-11-14(19-8-18-11)15(22)13-7-10-3-1-2-4-12(10)24-13/h1-4,7-9,15H,5-6H2,(H,18,19)/t15-/m1/s1. The van der Waals surface area contributed by atoms with E-state index >= 15 is 0 Å². The zero-order chi connectivity index (χ0) is 16.8. The molecule has 0 fully saturated rings. The molecule has 0 aliphatic carbocycles. The van der Waals surface area contributed by atoms with Crippen molar-refractivity contribution in [3.8, 4) is 0 Å². The highest BCUT2D eigenvalue weighted by atomic mass is 32.1. The molecule has 5 rings (SSSR count). The Balaban J connectivity index is 1.64. The molecular formula is C17H13N5O2S. The van der Waals surface area contributed by atoms with Gasteiger partial charge in [0.1, 0.15) is 22.9 Å². The van der Waals surface area contributed by atoms with E-state index < -0.39 is 0 Å². The molecular weight excluding hydrogens is 338 g/mol. The van der Waals surface area contributed by atoms with Gasteiger partial charge in [-0.3, -0.25) is 4.79 Å². The second-order valence-electron chi connectivity index (χ2n) is 5.85. The van der Waals surface area contributed by atoms with Crippen molar-refractivity contribution >= 4 is 28.2 Å². The maximum atomic E-state index is 12.9. The van der Waals surface area contributed by atoms with E-state index in [1.807, 2.05) is 30.3 Å². The van der Waals surface area contributed by atoms with Crippen LogP contribution in [0.15, 0.2) is 46.6 Å². The van der Waals surface area contributed by atoms with Crippen LogP contribution in [-0.4, -0.2) is 37.5 Å². The fourth-order valence-corrected chi connectivity index (χ4v) is 3.82. The molecule has 1 amide bonds. The van der Waals surface area contributed by atoms with E-state index in [1.165, 1.54) is 11.3 Å². The van der Waals surface area contributed by atoms with Crippen LogP contribution in [0.3, 0.4) is 0 Å². The third kappa shape index (κ3) is 2.25. The summed E-state index contributed by atoms with van der Waals surface area (Å²) in [5.41, 5.74) is 4.21. The Hall–Kier alpha value is -3.00. The molecule has 1 atom stereocenters. The van der Waals surface area contributed by atoms with Crippen molar-refractivity contribution in [3.05, 3.63) is 64.3 Å². The number of H-pyrrole nitrogens is 1. The van der Waals surface area contributed by atoms with Crippen molar-refractivity contribution in [2.45, 2.75) is 12.5 Å². The van der Waals surface area contributed by atoms with E-state index in [0.29, 0.717) is 17.3 Å². The number of hydrogen-bond acceptors (Lipinski definition) is 6. The average molecular weight is 351 g/mol. The first-order valence-electron chi connectivity index (χ1n) is 7.89. The summed E-state index contributed by atoms with van der Waals surface area (Å²) in [6, 6.07) is 9.41. The van der Waals surface area contributed by atoms with Crippen LogP contribution in [0.1, 0.15) is 33.0 Å². The van der Waals surface area contributed by atoms with E-state index in [2.05, 4.69) is 20.2 Å². The highest BCUT2D eigenvalue weighted by Gasteiger charge is 2.37. The first kappa shape index (κ1) is 14.4. The molecule has 0 saturated heterocycles. The Morgan fingerprint density at radius 2 is 2.28 bits per heavy atom. The molecule has 1 aliphatic heterocycles. The number of aromatic amines is 1. The fraction of sp³-hybridized carbons (Fsp3) is 0.176. The number of furan rings is 1. The summed E-state index contributed by atoms with van der Waals surface area (Å²) < 4.78 is 6.05. The summed E-state index contributed by atoms with van der Waals surface area (Å²) in [4.78, 5) is 22.3. The Morgan fingerprint density at radius 1 is 1.36 bits per heavy atom. The molecule has 4 heterocycles. The molecule has 124 valence electrons. The summed E-state index contributed by atoms with van der Waals surface area (Å²) in [7, 11) is 0. The van der Waals surface area contributed by atoms with Crippen LogP contribution < -0.4 is 0 Å². The van der Waals surface area contributed by atoms with Crippen molar-refractivity contribution in [1.82, 2.24) is 25.1 Å². The van der Waals surface area contributed by atoms with Crippen LogP contribution in [0.4, 0.5) is 0 Å². The number of imidazole rings is 1. The number of nitrogens with one attached hydrogen (secondary N) is 1. The van der Waals surface area contributed by atoms with Gasteiger partial charge in [0.15, 0.2) is 0 Å². The molecule has 0 unspecified atom stereocenters. The zero-order valence-corrected chi connectivity index (χ0v) is 13.9. The molecule has 1 N–H and O–H groups in total. The molecule has 0 spiro atoms. The third-order valence-corrected chi connectivity index (χ3v) is 5.12. The topological polar surface area (TPSA) is 87.9 Å². The molecule has 8 heteroatoms. The summed E-state index contributed by atoms with van der Waals surface area (Å²) in [5, 5.41) is 9.08. The first-order valence-corrected chi connectivity index (χ1v) is 8.77. The maximum absolute atomic E-state index is 12.9. The van der Waals surface area contributed by atoms with Crippen LogP contribution in [0.5, 0.6) is 0 Å². The van der Waals surface area contributed by atoms with Gasteiger partial charge in [-0.1, -0.05) is 29.5 Å². The van der Waals surface area contributed by atoms with Crippen molar-refractivity contribution < 1.29 is 9.21 Å². The Labute approximate surface area is 146 Å². The minimum absolute atomic E-state index is 0.151. The molecule has 1 aromatic carbocycles. The normalized spacial score (nSPS) is 17.0. The lowest BCUT2D eigenvalue weighted by Gasteiger charge is -2.33. The van der Waals surface area contributed by atoms with Gasteiger partial charge in [-0.2, -0.15) is 0 Å². The minimum Gasteiger partial charge on any atom is -0.458 e. The second-order valence-corrected chi connectivity index (χ2v) is 6.68. The fourth-order valence-electron chi connectivity index (χ4n) is 3.31. The van der Waals surface area contributed by atoms with Crippen LogP contribution in [0.25, 0.3) is 11.0 Å². The van der Waals surface area contributed by atoms with Crippen molar-refractivity contribution in [3.63, 3.8) is 0 Å². The van der Waals surface area contributed by atoms with Gasteiger partial charge in [0.25, 0.3) is 5.91 Å². The smallest absolute Gasteiger partial charge is 0.285 e. The van der Waals surface area contributed by atoms with Crippen molar-refractivity contribution in [1.29, 1.82) is 0 Å². The Bertz CT molecular complexity index is 1020. The molecule has 0 radical (unpaired) electrons. The highest BCUT2D eigenvalue weighted by Crippen LogP contribution is 2.37. The van der Waals surface area contributed by atoms with Crippen molar-refractivity contribution in [2.75, 3.05) is 6.54 Å². The predicted molar refractivity (Wildman–Crippen MR) is 91.3 cm³/mol. The van der Waals surface area contributed by atoms with Gasteiger partial charge < -0.3 is 14.3 Å². The molecule has 25 heavy (non-hydrogen) atoms. The quantitative estimate of drug-likeness (QED) is 0.600. The summed E-state index contributed by atoms with van der Waals surface area (Å²) in [5.74, 6) is 0.550. The Morgan fingerprint density at radius 3 is 3.12 bits per heavy atom. The van der Waals surface area contributed by atoms with Crippen LogP contribution >= 0.6 is 11.3 Å². The van der Waals surface area contributed by atoms with Gasteiger partial charge in [-0.25, -0.2) is 4.98 Å². The number of nitrogens with zero attached hydrogens (tertiary/aromatic N) is 4. The zero-order valence-electron chi connectivity index (χ0n) is 13.0. The monoisotopic (exact) mass is 351 g/mol. The van der Waals surface area contributed by atoms with Gasteiger partial charge >= 0.3 is 0 Å². The number of carbonyl (C=O) groups is 1. The lowest BCUT2D eigenvalue weighted by molar-refractivity contribution is 0.0671. The van der Waals surface area contributed by atoms with Gasteiger partial charge in [0, 0.05) is 24.0 Å². The molecule has 1 aliphatic rings. The maximum Gasteiger partial charge on any atom is 0.285 e. The van der Waals surface area contributed by atoms with Crippen molar-refractivity contribution in [2.24, 2.45) is 0 Å². The van der Waals surface area contributed by atoms with Crippen LogP contribution in [0.2, 0.25) is 0 Å². The van der Waals surface area contributed by atoms with E-state index in [0.717, 1.165) is 28.8 Å². The number of carbonyl (C=O) groups excluding carboxylic acids is 1. The number of benzene rings is 1. The molecule has 4 aromatic rings. The summed E-state index contributed by atoms with van der Waals surface area (Å²) in [6.07, 6.45) is 2.38. The summed E-state index contributed by atoms with van der Waals surface area (Å²) in [6.45, 7) is 0.565. The molecule has 0 saturated carbocycles. The van der Waals surface area contributed by atoms with Crippen LogP contribution in [0, 0.1) is 0 Å². The van der Waals surface area contributed by atoms with Gasteiger partial charge in [0.05, 0.1) is 12.0 Å². The lowest BCUT2D eigenvalue weighted by Crippen LogP contribution is -2.40. The van der Waals surface area contributed by atoms with E-state index in [4.69, 9.17) is 4.42 Å². The minimum atomic E-state index is -0.376. The SMILES string of the molecule is O=C(c1nncs1)N1CCc2[nH]cnc2[C@H]1c1cc2ccccc2o1. The summed E-state index contributed by atoms with van der Waals surface area (Å²) >= 11 is 1.24. The molecule has 7 nitrogen and oxygen atoms in total. The number of aromatic nitrogens is 4. The Kier molecular flexibility index (Phi) is 3.17. The largest absolute Gasteiger partial charge is 0.458 e. The average Bonchev–Trinajstić information content (AvgIpc) is 3.39. The lowest BCUT2D eigenvalue weighted by atomic mass is 10.00. The van der Waals surface area contributed by atoms with E-state index in [1.54, 1.807) is 16.7 Å². The number of amides is 1. The first-order chi connectivity index (χ1) is 12.3. The van der Waals surface area contributed by atoms with Gasteiger partial charge in [0.2, 0.25) is 5.01 Å². The van der Waals surface area contributed by atoms with Crippen LogP contribution in [-0.2, 0) is 6.42 Å². The number of hydrogen-bond donors (Lipinski definition) is 1.